The van der Waals surface area contributed by atoms with E-state index >= 15 is 0 Å². The van der Waals surface area contributed by atoms with E-state index in [1.54, 1.807) is 18.2 Å². The topological polar surface area (TPSA) is 64.4 Å². The van der Waals surface area contributed by atoms with Gasteiger partial charge in [-0.15, -0.1) is 0 Å². The summed E-state index contributed by atoms with van der Waals surface area (Å²) in [4.78, 5) is 16.5. The number of ether oxygens (including phenoxy) is 1. The number of aliphatic hydroxyl groups excluding tert-OH is 1. The maximum Gasteiger partial charge on any atom is 0.261 e. The normalized spacial score (nSPS) is 12.2. The molecule has 0 bridgehead atoms. The van der Waals surface area contributed by atoms with Crippen LogP contribution in [0.4, 0.5) is 0 Å². The van der Waals surface area contributed by atoms with Crippen LogP contribution in [0.5, 0.6) is 5.75 Å². The van der Waals surface area contributed by atoms with Crippen molar-refractivity contribution in [3.8, 4) is 5.75 Å². The average Bonchev–Trinajstić information content (AvgIpc) is 2.57. The fourth-order valence-corrected chi connectivity index (χ4v) is 2.23. The van der Waals surface area contributed by atoms with Gasteiger partial charge in [-0.1, -0.05) is 30.3 Å². The minimum Gasteiger partial charge on any atom is -0.491 e. The zero-order valence-corrected chi connectivity index (χ0v) is 11.9. The minimum atomic E-state index is -0.791. The summed E-state index contributed by atoms with van der Waals surface area (Å²) in [6, 6.07) is 16.4. The third kappa shape index (κ3) is 3.15. The average molecular weight is 296 g/mol. The van der Waals surface area contributed by atoms with Crippen LogP contribution in [0, 0.1) is 0 Å². The molecule has 0 spiro atoms. The minimum absolute atomic E-state index is 0.114. The Bertz CT molecular complexity index is 815. The van der Waals surface area contributed by atoms with Gasteiger partial charge in [0.1, 0.15) is 18.5 Å². The Hall–Kier alpha value is -2.66. The number of nitrogens with zero attached hydrogens (tertiary/aromatic N) is 2. The standard InChI is InChI=1S/C17H16N2O3/c20-13(11-22-14-6-2-1-3-7-14)10-19-12-18-16-9-5-4-8-15(16)17(19)21/h1-9,12-13,20H,10-11H2. The van der Waals surface area contributed by atoms with Crippen molar-refractivity contribution in [3.05, 3.63) is 71.3 Å². The van der Waals surface area contributed by atoms with Gasteiger partial charge < -0.3 is 9.84 Å². The van der Waals surface area contributed by atoms with E-state index in [4.69, 9.17) is 4.74 Å². The van der Waals surface area contributed by atoms with Crippen LogP contribution in [-0.4, -0.2) is 27.4 Å². The highest BCUT2D eigenvalue weighted by Crippen LogP contribution is 2.09. The Balaban J connectivity index is 1.70. The lowest BCUT2D eigenvalue weighted by molar-refractivity contribution is 0.0915. The smallest absolute Gasteiger partial charge is 0.261 e. The fourth-order valence-electron chi connectivity index (χ4n) is 2.23. The summed E-state index contributed by atoms with van der Waals surface area (Å²) in [6.07, 6.45) is 0.664. The number of hydrogen-bond donors (Lipinski definition) is 1. The fraction of sp³-hybridized carbons (Fsp3) is 0.176. The van der Waals surface area contributed by atoms with Gasteiger partial charge in [-0.2, -0.15) is 0 Å². The first-order valence-electron chi connectivity index (χ1n) is 7.04. The van der Waals surface area contributed by atoms with E-state index in [2.05, 4.69) is 4.98 Å². The van der Waals surface area contributed by atoms with Crippen LogP contribution in [0.25, 0.3) is 10.9 Å². The van der Waals surface area contributed by atoms with Gasteiger partial charge in [0, 0.05) is 0 Å². The number of rotatable bonds is 5. The molecule has 0 aliphatic carbocycles. The van der Waals surface area contributed by atoms with E-state index in [0.29, 0.717) is 16.7 Å². The molecule has 3 aromatic rings. The van der Waals surface area contributed by atoms with Crippen molar-refractivity contribution in [1.29, 1.82) is 0 Å². The monoisotopic (exact) mass is 296 g/mol. The maximum absolute atomic E-state index is 12.3. The third-order valence-electron chi connectivity index (χ3n) is 3.32. The van der Waals surface area contributed by atoms with Crippen LogP contribution in [0.2, 0.25) is 0 Å². The van der Waals surface area contributed by atoms with E-state index in [1.165, 1.54) is 10.9 Å². The van der Waals surface area contributed by atoms with E-state index in [1.807, 2.05) is 36.4 Å². The molecular formula is C17H16N2O3. The first-order valence-corrected chi connectivity index (χ1v) is 7.04. The molecular weight excluding hydrogens is 280 g/mol. The Kier molecular flexibility index (Phi) is 4.16. The molecule has 0 fully saturated rings. The molecule has 5 nitrogen and oxygen atoms in total. The van der Waals surface area contributed by atoms with Crippen molar-refractivity contribution < 1.29 is 9.84 Å². The molecule has 0 radical (unpaired) electrons. The molecule has 0 amide bonds. The Morgan fingerprint density at radius 3 is 2.64 bits per heavy atom. The van der Waals surface area contributed by atoms with Crippen molar-refractivity contribution in [2.45, 2.75) is 12.6 Å². The van der Waals surface area contributed by atoms with Crippen LogP contribution >= 0.6 is 0 Å². The molecule has 1 aromatic heterocycles. The Labute approximate surface area is 127 Å². The molecule has 112 valence electrons. The van der Waals surface area contributed by atoms with Crippen LogP contribution in [0.3, 0.4) is 0 Å². The molecule has 0 saturated carbocycles. The summed E-state index contributed by atoms with van der Waals surface area (Å²) in [7, 11) is 0. The summed E-state index contributed by atoms with van der Waals surface area (Å²) in [5, 5.41) is 10.6. The SMILES string of the molecule is O=c1c2ccccc2ncn1CC(O)COc1ccccc1. The summed E-state index contributed by atoms with van der Waals surface area (Å²) >= 11 is 0. The van der Waals surface area contributed by atoms with Gasteiger partial charge in [0.15, 0.2) is 0 Å². The zero-order valence-electron chi connectivity index (χ0n) is 11.9. The van der Waals surface area contributed by atoms with Gasteiger partial charge in [0.2, 0.25) is 0 Å². The van der Waals surface area contributed by atoms with E-state index in [9.17, 15) is 9.90 Å². The highest BCUT2D eigenvalue weighted by Gasteiger charge is 2.10. The predicted molar refractivity (Wildman–Crippen MR) is 83.9 cm³/mol. The molecule has 0 aliphatic rings. The van der Waals surface area contributed by atoms with Crippen LogP contribution in [-0.2, 0) is 6.54 Å². The van der Waals surface area contributed by atoms with Gasteiger partial charge in [-0.05, 0) is 24.3 Å². The van der Waals surface area contributed by atoms with Gasteiger partial charge in [-0.3, -0.25) is 9.36 Å². The van der Waals surface area contributed by atoms with Gasteiger partial charge in [0.05, 0.1) is 23.8 Å². The molecule has 0 saturated heterocycles. The summed E-state index contributed by atoms with van der Waals surface area (Å²) < 4.78 is 6.89. The second-order valence-corrected chi connectivity index (χ2v) is 5.00. The summed E-state index contributed by atoms with van der Waals surface area (Å²) in [5.41, 5.74) is 0.489. The second kappa shape index (κ2) is 6.41. The summed E-state index contributed by atoms with van der Waals surface area (Å²) in [6.45, 7) is 0.257. The van der Waals surface area contributed by atoms with Crippen molar-refractivity contribution in [2.24, 2.45) is 0 Å². The molecule has 22 heavy (non-hydrogen) atoms. The van der Waals surface area contributed by atoms with E-state index < -0.39 is 6.10 Å². The molecule has 3 rings (SSSR count). The van der Waals surface area contributed by atoms with Crippen LogP contribution in [0.1, 0.15) is 0 Å². The van der Waals surface area contributed by atoms with Gasteiger partial charge >= 0.3 is 0 Å². The number of aliphatic hydroxyl groups is 1. The molecule has 1 N–H and O–H groups in total. The number of para-hydroxylation sites is 2. The highest BCUT2D eigenvalue weighted by atomic mass is 16.5. The van der Waals surface area contributed by atoms with Crippen molar-refractivity contribution >= 4 is 10.9 Å². The van der Waals surface area contributed by atoms with Gasteiger partial charge in [0.25, 0.3) is 5.56 Å². The number of hydrogen-bond acceptors (Lipinski definition) is 4. The number of benzene rings is 2. The summed E-state index contributed by atoms with van der Waals surface area (Å²) in [5.74, 6) is 0.686. The lowest BCUT2D eigenvalue weighted by Crippen LogP contribution is -2.30. The zero-order chi connectivity index (χ0) is 15.4. The third-order valence-corrected chi connectivity index (χ3v) is 3.32. The molecule has 1 atom stereocenters. The Morgan fingerprint density at radius 2 is 1.82 bits per heavy atom. The quantitative estimate of drug-likeness (QED) is 0.780. The number of aromatic nitrogens is 2. The lowest BCUT2D eigenvalue weighted by atomic mass is 10.2. The molecule has 0 aliphatic heterocycles. The second-order valence-electron chi connectivity index (χ2n) is 5.00. The highest BCUT2D eigenvalue weighted by molar-refractivity contribution is 5.76. The molecule has 1 unspecified atom stereocenters. The van der Waals surface area contributed by atoms with Crippen molar-refractivity contribution in [1.82, 2.24) is 9.55 Å². The number of fused-ring (bicyclic) bond motifs is 1. The van der Waals surface area contributed by atoms with Crippen molar-refractivity contribution in [3.63, 3.8) is 0 Å². The van der Waals surface area contributed by atoms with Gasteiger partial charge in [-0.25, -0.2) is 4.98 Å². The molecule has 5 heteroatoms. The van der Waals surface area contributed by atoms with E-state index in [0.717, 1.165) is 0 Å². The predicted octanol–water partition coefficient (Wildman–Crippen LogP) is 1.84. The van der Waals surface area contributed by atoms with Crippen molar-refractivity contribution in [2.75, 3.05) is 6.61 Å². The lowest BCUT2D eigenvalue weighted by Gasteiger charge is -2.14. The van der Waals surface area contributed by atoms with E-state index in [-0.39, 0.29) is 18.7 Å². The van der Waals surface area contributed by atoms with Crippen LogP contribution < -0.4 is 10.3 Å². The first-order chi connectivity index (χ1) is 10.7. The maximum atomic E-state index is 12.3. The first kappa shape index (κ1) is 14.3. The largest absolute Gasteiger partial charge is 0.491 e. The molecule has 1 heterocycles. The molecule has 2 aromatic carbocycles. The Morgan fingerprint density at radius 1 is 1.09 bits per heavy atom. The van der Waals surface area contributed by atoms with Crippen LogP contribution in [0.15, 0.2) is 65.7 Å².